The quantitative estimate of drug-likeness (QED) is 0.763. The van der Waals surface area contributed by atoms with Crippen LogP contribution in [0.3, 0.4) is 0 Å². The van der Waals surface area contributed by atoms with Crippen LogP contribution >= 0.6 is 0 Å². The van der Waals surface area contributed by atoms with E-state index in [1.165, 1.54) is 6.07 Å². The molecule has 126 valence electrons. The number of fused-ring (bicyclic) bond motifs is 1. The van der Waals surface area contributed by atoms with Gasteiger partial charge in [-0.15, -0.1) is 0 Å². The summed E-state index contributed by atoms with van der Waals surface area (Å²) in [5.74, 6) is 0. The number of anilines is 2. The summed E-state index contributed by atoms with van der Waals surface area (Å²) >= 11 is 0. The number of halogens is 3. The number of alkyl halides is 3. The number of hydrogen-bond donors (Lipinski definition) is 2. The van der Waals surface area contributed by atoms with Crippen molar-refractivity contribution in [1.82, 2.24) is 0 Å². The molecular weight excluding hydrogens is 315 g/mol. The molecule has 0 amide bonds. The van der Waals surface area contributed by atoms with Crippen molar-refractivity contribution in [2.45, 2.75) is 26.2 Å². The van der Waals surface area contributed by atoms with Crippen molar-refractivity contribution in [1.29, 1.82) is 0 Å². The summed E-state index contributed by atoms with van der Waals surface area (Å²) < 4.78 is 39.0. The largest absolute Gasteiger partial charge is 0.416 e. The van der Waals surface area contributed by atoms with Gasteiger partial charge in [-0.1, -0.05) is 18.2 Å². The molecule has 3 rings (SSSR count). The number of nitrogens with two attached hydrogens (primary N) is 2. The van der Waals surface area contributed by atoms with Crippen LogP contribution in [0.4, 0.5) is 24.5 Å². The summed E-state index contributed by atoms with van der Waals surface area (Å²) in [7, 11) is 0. The van der Waals surface area contributed by atoms with Gasteiger partial charge in [-0.2, -0.15) is 13.2 Å². The smallest absolute Gasteiger partial charge is 0.398 e. The molecule has 2 aromatic carbocycles. The van der Waals surface area contributed by atoms with Crippen LogP contribution in [0.2, 0.25) is 0 Å². The van der Waals surface area contributed by atoms with Crippen LogP contribution in [0.25, 0.3) is 6.08 Å². The number of aryl methyl sites for hydroxylation is 2. The minimum absolute atomic E-state index is 0.429. The Kier molecular flexibility index (Phi) is 3.80. The summed E-state index contributed by atoms with van der Waals surface area (Å²) in [5, 5.41) is 0. The SMILES string of the molecule is Cc1ccc(C(F)(F)F)cc1N1C=Cc2c(ccc(C)c2N)C1N. The van der Waals surface area contributed by atoms with E-state index in [4.69, 9.17) is 11.5 Å². The van der Waals surface area contributed by atoms with Crippen molar-refractivity contribution in [3.63, 3.8) is 0 Å². The normalized spacial score (nSPS) is 17.1. The van der Waals surface area contributed by atoms with E-state index in [1.54, 1.807) is 24.1 Å². The molecule has 6 heteroatoms. The Balaban J connectivity index is 2.09. The van der Waals surface area contributed by atoms with Crippen molar-refractivity contribution >= 4 is 17.5 Å². The fourth-order valence-corrected chi connectivity index (χ4v) is 2.90. The molecule has 0 aliphatic carbocycles. The number of benzene rings is 2. The van der Waals surface area contributed by atoms with Gasteiger partial charge in [0.15, 0.2) is 0 Å². The Morgan fingerprint density at radius 1 is 1.04 bits per heavy atom. The average Bonchev–Trinajstić information content (AvgIpc) is 2.51. The monoisotopic (exact) mass is 333 g/mol. The van der Waals surface area contributed by atoms with E-state index >= 15 is 0 Å². The Labute approximate surface area is 138 Å². The molecule has 1 heterocycles. The predicted molar refractivity (Wildman–Crippen MR) is 90.2 cm³/mol. The van der Waals surface area contributed by atoms with Gasteiger partial charge in [-0.3, -0.25) is 0 Å². The number of nitrogens with zero attached hydrogens (tertiary/aromatic N) is 1. The lowest BCUT2D eigenvalue weighted by Gasteiger charge is -2.34. The molecule has 0 saturated heterocycles. The minimum Gasteiger partial charge on any atom is -0.398 e. The molecule has 1 aliphatic rings. The average molecular weight is 333 g/mol. The highest BCUT2D eigenvalue weighted by Gasteiger charge is 2.32. The van der Waals surface area contributed by atoms with Crippen molar-refractivity contribution < 1.29 is 13.2 Å². The molecule has 4 N–H and O–H groups in total. The minimum atomic E-state index is -4.40. The van der Waals surface area contributed by atoms with Crippen molar-refractivity contribution in [3.05, 3.63) is 64.3 Å². The molecule has 24 heavy (non-hydrogen) atoms. The first kappa shape index (κ1) is 16.4. The topological polar surface area (TPSA) is 55.3 Å². The summed E-state index contributed by atoms with van der Waals surface area (Å²) in [5.41, 5.74) is 16.0. The Bertz CT molecular complexity index is 825. The number of rotatable bonds is 1. The van der Waals surface area contributed by atoms with Crippen LogP contribution in [0, 0.1) is 13.8 Å². The van der Waals surface area contributed by atoms with E-state index in [0.29, 0.717) is 16.9 Å². The first-order valence-electron chi connectivity index (χ1n) is 7.49. The molecule has 1 aliphatic heterocycles. The summed E-state index contributed by atoms with van der Waals surface area (Å²) in [6.07, 6.45) is -1.52. The zero-order valence-electron chi connectivity index (χ0n) is 13.4. The Hall–Kier alpha value is -2.47. The highest BCUT2D eigenvalue weighted by molar-refractivity contribution is 5.76. The van der Waals surface area contributed by atoms with E-state index in [2.05, 4.69) is 0 Å². The third kappa shape index (κ3) is 2.63. The lowest BCUT2D eigenvalue weighted by Crippen LogP contribution is -2.33. The van der Waals surface area contributed by atoms with E-state index in [9.17, 15) is 13.2 Å². The lowest BCUT2D eigenvalue weighted by molar-refractivity contribution is -0.137. The fourth-order valence-electron chi connectivity index (χ4n) is 2.90. The van der Waals surface area contributed by atoms with Crippen molar-refractivity contribution in [2.24, 2.45) is 5.73 Å². The van der Waals surface area contributed by atoms with Crippen molar-refractivity contribution in [2.75, 3.05) is 10.6 Å². The van der Waals surface area contributed by atoms with Crippen LogP contribution < -0.4 is 16.4 Å². The van der Waals surface area contributed by atoms with Crippen molar-refractivity contribution in [3.8, 4) is 0 Å². The molecule has 0 spiro atoms. The van der Waals surface area contributed by atoms with Crippen LogP contribution in [0.15, 0.2) is 36.5 Å². The maximum Gasteiger partial charge on any atom is 0.416 e. The number of nitrogen functional groups attached to an aromatic ring is 1. The summed E-state index contributed by atoms with van der Waals surface area (Å²) in [6, 6.07) is 7.39. The molecule has 0 bridgehead atoms. The summed E-state index contributed by atoms with van der Waals surface area (Å²) in [4.78, 5) is 1.64. The third-order valence-electron chi connectivity index (χ3n) is 4.37. The zero-order chi connectivity index (χ0) is 17.6. The van der Waals surface area contributed by atoms with Gasteiger partial charge >= 0.3 is 6.18 Å². The summed E-state index contributed by atoms with van der Waals surface area (Å²) in [6.45, 7) is 3.66. The molecule has 0 aromatic heterocycles. The second kappa shape index (κ2) is 5.56. The lowest BCUT2D eigenvalue weighted by atomic mass is 9.96. The zero-order valence-corrected chi connectivity index (χ0v) is 13.4. The first-order valence-corrected chi connectivity index (χ1v) is 7.49. The molecule has 2 aromatic rings. The third-order valence-corrected chi connectivity index (χ3v) is 4.37. The first-order chi connectivity index (χ1) is 11.2. The highest BCUT2D eigenvalue weighted by atomic mass is 19.4. The molecule has 0 fully saturated rings. The van der Waals surface area contributed by atoms with E-state index in [-0.39, 0.29) is 0 Å². The van der Waals surface area contributed by atoms with Crippen LogP contribution in [-0.2, 0) is 6.18 Å². The number of hydrogen-bond acceptors (Lipinski definition) is 3. The maximum atomic E-state index is 13.0. The van der Waals surface area contributed by atoms with Crippen LogP contribution in [0.1, 0.15) is 34.0 Å². The Morgan fingerprint density at radius 3 is 2.38 bits per heavy atom. The van der Waals surface area contributed by atoms with Gasteiger partial charge in [-0.25, -0.2) is 0 Å². The standard InChI is InChI=1S/C18H18F3N3/c1-10-3-5-12(18(19,20)21)9-15(10)24-8-7-13-14(17(24)23)6-4-11(2)16(13)22/h3-9,17H,22-23H2,1-2H3. The maximum absolute atomic E-state index is 13.0. The second-order valence-electron chi connectivity index (χ2n) is 5.97. The Morgan fingerprint density at radius 2 is 1.71 bits per heavy atom. The molecule has 3 nitrogen and oxygen atoms in total. The van der Waals surface area contributed by atoms with Gasteiger partial charge < -0.3 is 16.4 Å². The van der Waals surface area contributed by atoms with E-state index in [1.807, 2.05) is 19.1 Å². The molecule has 0 saturated carbocycles. The second-order valence-corrected chi connectivity index (χ2v) is 5.97. The van der Waals surface area contributed by atoms with Gasteiger partial charge in [0.25, 0.3) is 0 Å². The van der Waals surface area contributed by atoms with Gasteiger partial charge in [0.2, 0.25) is 0 Å². The van der Waals surface area contributed by atoms with E-state index in [0.717, 1.165) is 28.8 Å². The van der Waals surface area contributed by atoms with Gasteiger partial charge in [-0.05, 0) is 48.7 Å². The van der Waals surface area contributed by atoms with Gasteiger partial charge in [0, 0.05) is 23.1 Å². The van der Waals surface area contributed by atoms with Crippen LogP contribution in [-0.4, -0.2) is 0 Å². The highest BCUT2D eigenvalue weighted by Crippen LogP contribution is 2.39. The van der Waals surface area contributed by atoms with Crippen LogP contribution in [0.5, 0.6) is 0 Å². The fraction of sp³-hybridized carbons (Fsp3) is 0.222. The predicted octanol–water partition coefficient (Wildman–Crippen LogP) is 4.35. The van der Waals surface area contributed by atoms with E-state index < -0.39 is 17.9 Å². The molecule has 1 unspecified atom stereocenters. The molecule has 0 radical (unpaired) electrons. The molecular formula is C18H18F3N3. The van der Waals surface area contributed by atoms with Gasteiger partial charge in [0.05, 0.1) is 5.56 Å². The molecule has 1 atom stereocenters. The van der Waals surface area contributed by atoms with Gasteiger partial charge in [0.1, 0.15) is 6.17 Å².